The minimum atomic E-state index is -1.31. The molecule has 2 atom stereocenters. The Morgan fingerprint density at radius 2 is 1.67 bits per heavy atom. The van der Waals surface area contributed by atoms with Crippen molar-refractivity contribution >= 4 is 6.09 Å². The molecule has 0 bridgehead atoms. The van der Waals surface area contributed by atoms with Crippen LogP contribution in [-0.4, -0.2) is 45.7 Å². The molecular formula is C23H22N2O5. The summed E-state index contributed by atoms with van der Waals surface area (Å²) >= 11 is 0. The number of ether oxygens (including phenoxy) is 1. The normalized spacial score (nSPS) is 14.5. The van der Waals surface area contributed by atoms with E-state index in [-0.39, 0.29) is 30.4 Å². The van der Waals surface area contributed by atoms with Crippen LogP contribution in [0.2, 0.25) is 0 Å². The molecule has 7 nitrogen and oxygen atoms in total. The van der Waals surface area contributed by atoms with Crippen LogP contribution in [0.3, 0.4) is 0 Å². The number of hydrogen-bond donors (Lipinski definition) is 4. The van der Waals surface area contributed by atoms with E-state index in [9.17, 15) is 20.1 Å². The predicted octanol–water partition coefficient (Wildman–Crippen LogP) is 2.72. The zero-order chi connectivity index (χ0) is 21.1. The highest BCUT2D eigenvalue weighted by molar-refractivity contribution is 5.79. The number of alkyl carbamates (subject to hydrolysis) is 1. The van der Waals surface area contributed by atoms with E-state index < -0.39 is 18.3 Å². The summed E-state index contributed by atoms with van der Waals surface area (Å²) in [6, 6.07) is 17.4. The fraction of sp³-hybridized carbons (Fsp3) is 0.217. The Bertz CT molecular complexity index is 1010. The van der Waals surface area contributed by atoms with Crippen LogP contribution in [0.25, 0.3) is 11.1 Å². The van der Waals surface area contributed by atoms with Gasteiger partial charge in [0.2, 0.25) is 0 Å². The average Bonchev–Trinajstić information content (AvgIpc) is 3.09. The van der Waals surface area contributed by atoms with Gasteiger partial charge in [0, 0.05) is 24.2 Å². The monoisotopic (exact) mass is 406 g/mol. The number of aromatic nitrogens is 1. The van der Waals surface area contributed by atoms with Crippen LogP contribution in [0.15, 0.2) is 67.0 Å². The van der Waals surface area contributed by atoms with Crippen molar-refractivity contribution < 1.29 is 24.9 Å². The number of aromatic hydroxyl groups is 1. The SMILES string of the molecule is O=C(NCC(O)C(O)c1cncc(O)c1)OCC1c2ccccc2-c2ccccc21. The summed E-state index contributed by atoms with van der Waals surface area (Å²) in [5.41, 5.74) is 4.74. The number of benzene rings is 2. The molecule has 0 saturated heterocycles. The molecule has 1 aliphatic carbocycles. The van der Waals surface area contributed by atoms with E-state index in [2.05, 4.69) is 22.4 Å². The second kappa shape index (κ2) is 8.52. The van der Waals surface area contributed by atoms with Gasteiger partial charge in [-0.2, -0.15) is 0 Å². The fourth-order valence-electron chi connectivity index (χ4n) is 3.78. The minimum Gasteiger partial charge on any atom is -0.506 e. The molecule has 1 heterocycles. The maximum atomic E-state index is 12.2. The van der Waals surface area contributed by atoms with Crippen LogP contribution in [0.5, 0.6) is 5.75 Å². The molecule has 4 N–H and O–H groups in total. The quantitative estimate of drug-likeness (QED) is 0.501. The molecule has 30 heavy (non-hydrogen) atoms. The number of aliphatic hydroxyl groups excluding tert-OH is 2. The van der Waals surface area contributed by atoms with Crippen LogP contribution in [0.1, 0.15) is 28.7 Å². The van der Waals surface area contributed by atoms with Crippen molar-refractivity contribution in [2.24, 2.45) is 0 Å². The first-order chi connectivity index (χ1) is 14.5. The van der Waals surface area contributed by atoms with Gasteiger partial charge in [-0.25, -0.2) is 4.79 Å². The third kappa shape index (κ3) is 3.98. The third-order valence-corrected chi connectivity index (χ3v) is 5.25. The van der Waals surface area contributed by atoms with Gasteiger partial charge in [0.05, 0.1) is 6.20 Å². The van der Waals surface area contributed by atoms with E-state index in [1.165, 1.54) is 18.5 Å². The molecule has 4 rings (SSSR count). The number of nitrogens with one attached hydrogen (secondary N) is 1. The van der Waals surface area contributed by atoms with Crippen molar-refractivity contribution in [1.29, 1.82) is 0 Å². The molecule has 0 radical (unpaired) electrons. The molecule has 7 heteroatoms. The highest BCUT2D eigenvalue weighted by Crippen LogP contribution is 2.44. The number of nitrogens with zero attached hydrogens (tertiary/aromatic N) is 1. The topological polar surface area (TPSA) is 112 Å². The van der Waals surface area contributed by atoms with E-state index >= 15 is 0 Å². The Morgan fingerprint density at radius 1 is 1.03 bits per heavy atom. The molecule has 2 unspecified atom stereocenters. The summed E-state index contributed by atoms with van der Waals surface area (Å²) in [4.78, 5) is 15.9. The molecule has 3 aromatic rings. The number of hydrogen-bond acceptors (Lipinski definition) is 6. The van der Waals surface area contributed by atoms with Crippen molar-refractivity contribution in [2.45, 2.75) is 18.1 Å². The van der Waals surface area contributed by atoms with Crippen molar-refractivity contribution in [1.82, 2.24) is 10.3 Å². The summed E-state index contributed by atoms with van der Waals surface area (Å²) in [6.07, 6.45) is -0.719. The van der Waals surface area contributed by atoms with Crippen LogP contribution in [0, 0.1) is 0 Å². The highest BCUT2D eigenvalue weighted by atomic mass is 16.5. The van der Waals surface area contributed by atoms with Crippen LogP contribution < -0.4 is 5.32 Å². The maximum Gasteiger partial charge on any atom is 0.407 e. The summed E-state index contributed by atoms with van der Waals surface area (Å²) in [5, 5.41) is 32.2. The van der Waals surface area contributed by atoms with E-state index in [0.29, 0.717) is 0 Å². The molecule has 1 amide bonds. The molecular weight excluding hydrogens is 384 g/mol. The molecule has 0 fully saturated rings. The zero-order valence-corrected chi connectivity index (χ0v) is 16.1. The second-order valence-corrected chi connectivity index (χ2v) is 7.20. The first-order valence-electron chi connectivity index (χ1n) is 9.63. The van der Waals surface area contributed by atoms with Gasteiger partial charge >= 0.3 is 6.09 Å². The van der Waals surface area contributed by atoms with E-state index in [1.54, 1.807) is 0 Å². The first kappa shape index (κ1) is 19.9. The Morgan fingerprint density at radius 3 is 2.30 bits per heavy atom. The largest absolute Gasteiger partial charge is 0.506 e. The molecule has 2 aromatic carbocycles. The predicted molar refractivity (Wildman–Crippen MR) is 110 cm³/mol. The van der Waals surface area contributed by atoms with Crippen molar-refractivity contribution in [3.8, 4) is 16.9 Å². The number of amides is 1. The Kier molecular flexibility index (Phi) is 5.65. The van der Waals surface area contributed by atoms with Crippen LogP contribution in [0.4, 0.5) is 4.79 Å². The number of fused-ring (bicyclic) bond motifs is 3. The molecule has 1 aromatic heterocycles. The Balaban J connectivity index is 1.34. The lowest BCUT2D eigenvalue weighted by molar-refractivity contribution is 0.0182. The average molecular weight is 406 g/mol. The van der Waals surface area contributed by atoms with E-state index in [0.717, 1.165) is 22.3 Å². The highest BCUT2D eigenvalue weighted by Gasteiger charge is 2.29. The van der Waals surface area contributed by atoms with E-state index in [1.807, 2.05) is 36.4 Å². The van der Waals surface area contributed by atoms with Crippen molar-refractivity contribution in [3.63, 3.8) is 0 Å². The molecule has 1 aliphatic rings. The molecule has 154 valence electrons. The Labute approximate surface area is 173 Å². The molecule has 0 saturated carbocycles. The lowest BCUT2D eigenvalue weighted by atomic mass is 9.98. The molecule has 0 aliphatic heterocycles. The Hall–Kier alpha value is -3.42. The third-order valence-electron chi connectivity index (χ3n) is 5.25. The second-order valence-electron chi connectivity index (χ2n) is 7.20. The number of aliphatic hydroxyl groups is 2. The van der Waals surface area contributed by atoms with Gasteiger partial charge in [-0.15, -0.1) is 0 Å². The van der Waals surface area contributed by atoms with Gasteiger partial charge in [-0.05, 0) is 28.3 Å². The van der Waals surface area contributed by atoms with Gasteiger partial charge in [-0.1, -0.05) is 48.5 Å². The van der Waals surface area contributed by atoms with Crippen LogP contribution >= 0.6 is 0 Å². The fourth-order valence-corrected chi connectivity index (χ4v) is 3.78. The molecule has 0 spiro atoms. The van der Waals surface area contributed by atoms with E-state index in [4.69, 9.17) is 4.74 Å². The number of carbonyl (C=O) groups excluding carboxylic acids is 1. The first-order valence-corrected chi connectivity index (χ1v) is 9.63. The lowest BCUT2D eigenvalue weighted by Crippen LogP contribution is -2.36. The van der Waals surface area contributed by atoms with Gasteiger partial charge in [-0.3, -0.25) is 4.98 Å². The van der Waals surface area contributed by atoms with Gasteiger partial charge in [0.1, 0.15) is 24.6 Å². The van der Waals surface area contributed by atoms with Gasteiger partial charge < -0.3 is 25.4 Å². The van der Waals surface area contributed by atoms with Crippen molar-refractivity contribution in [2.75, 3.05) is 13.2 Å². The minimum absolute atomic E-state index is 0.0583. The smallest absolute Gasteiger partial charge is 0.407 e. The summed E-state index contributed by atoms with van der Waals surface area (Å²) in [6.45, 7) is -0.0531. The summed E-state index contributed by atoms with van der Waals surface area (Å²) in [7, 11) is 0. The maximum absolute atomic E-state index is 12.2. The summed E-state index contributed by atoms with van der Waals surface area (Å²) in [5.74, 6) is -0.180. The number of rotatable bonds is 6. The summed E-state index contributed by atoms with van der Waals surface area (Å²) < 4.78 is 5.40. The standard InChI is InChI=1S/C23H22N2O5/c26-15-9-14(10-24-11-15)22(28)21(27)12-25-23(29)30-13-20-18-7-3-1-5-16(18)17-6-2-4-8-19(17)20/h1-11,20-22,26-28H,12-13H2,(H,25,29). The zero-order valence-electron chi connectivity index (χ0n) is 16.1. The van der Waals surface area contributed by atoms with Gasteiger partial charge in [0.25, 0.3) is 0 Å². The lowest BCUT2D eigenvalue weighted by Gasteiger charge is -2.19. The number of carbonyl (C=O) groups is 1. The van der Waals surface area contributed by atoms with Crippen molar-refractivity contribution in [3.05, 3.63) is 83.7 Å². The van der Waals surface area contributed by atoms with Gasteiger partial charge in [0.15, 0.2) is 0 Å². The van der Waals surface area contributed by atoms with Crippen LogP contribution in [-0.2, 0) is 4.74 Å². The number of pyridine rings is 1.